The Morgan fingerprint density at radius 3 is 2.38 bits per heavy atom. The summed E-state index contributed by atoms with van der Waals surface area (Å²) in [5, 5.41) is 8.79. The standard InChI is InChI=1S/C5H10FO6P/c1-3(7)5(6)4(8)2-12-13(9,10)11/h4-5,8H,2H2,1H3,(H2,9,10,11)/t4-,5-/m1/s1. The fraction of sp³-hybridized carbons (Fsp3) is 0.800. The number of carbonyl (C=O) groups is 1. The van der Waals surface area contributed by atoms with Crippen molar-refractivity contribution in [2.24, 2.45) is 0 Å². The van der Waals surface area contributed by atoms with Gasteiger partial charge in [-0.25, -0.2) is 8.96 Å². The molecule has 0 saturated carbocycles. The first kappa shape index (κ1) is 12.7. The Labute approximate surface area is 73.6 Å². The minimum absolute atomic E-state index is 0.908. The third-order valence-corrected chi connectivity index (χ3v) is 1.63. The molecule has 0 bridgehead atoms. The highest BCUT2D eigenvalue weighted by molar-refractivity contribution is 7.46. The van der Waals surface area contributed by atoms with Crippen LogP contribution in [0.1, 0.15) is 6.92 Å². The van der Waals surface area contributed by atoms with Gasteiger partial charge in [-0.3, -0.25) is 9.32 Å². The van der Waals surface area contributed by atoms with Crippen molar-refractivity contribution in [2.75, 3.05) is 6.61 Å². The lowest BCUT2D eigenvalue weighted by atomic mass is 10.2. The summed E-state index contributed by atoms with van der Waals surface area (Å²) in [6.45, 7) is -0.0175. The summed E-state index contributed by atoms with van der Waals surface area (Å²) >= 11 is 0. The topological polar surface area (TPSA) is 104 Å². The second kappa shape index (κ2) is 4.78. The lowest BCUT2D eigenvalue weighted by Crippen LogP contribution is -2.32. The Morgan fingerprint density at radius 1 is 1.62 bits per heavy atom. The molecule has 0 aliphatic carbocycles. The van der Waals surface area contributed by atoms with Crippen LogP contribution in [0.15, 0.2) is 0 Å². The third-order valence-electron chi connectivity index (χ3n) is 1.14. The molecule has 0 rings (SSSR count). The highest BCUT2D eigenvalue weighted by Gasteiger charge is 2.26. The zero-order valence-corrected chi connectivity index (χ0v) is 7.65. The van der Waals surface area contributed by atoms with E-state index in [4.69, 9.17) is 14.9 Å². The molecule has 13 heavy (non-hydrogen) atoms. The number of aliphatic hydroxyl groups excluding tert-OH is 1. The quantitative estimate of drug-likeness (QED) is 0.529. The van der Waals surface area contributed by atoms with Gasteiger partial charge in [0.05, 0.1) is 6.61 Å². The van der Waals surface area contributed by atoms with Crippen molar-refractivity contribution in [2.45, 2.75) is 19.2 Å². The van der Waals surface area contributed by atoms with Crippen LogP contribution < -0.4 is 0 Å². The summed E-state index contributed by atoms with van der Waals surface area (Å²) in [6.07, 6.45) is -4.04. The molecule has 78 valence electrons. The molecule has 0 unspecified atom stereocenters. The summed E-state index contributed by atoms with van der Waals surface area (Å²) in [6, 6.07) is 0. The summed E-state index contributed by atoms with van der Waals surface area (Å²) in [7, 11) is -4.73. The Bertz CT molecular complexity index is 225. The van der Waals surface area contributed by atoms with Crippen molar-refractivity contribution < 1.29 is 33.2 Å². The molecule has 0 saturated heterocycles. The molecule has 0 aliphatic heterocycles. The number of carbonyl (C=O) groups excluding carboxylic acids is 1. The van der Waals surface area contributed by atoms with Gasteiger partial charge in [-0.2, -0.15) is 0 Å². The monoisotopic (exact) mass is 216 g/mol. The first-order valence-corrected chi connectivity index (χ1v) is 4.79. The average molecular weight is 216 g/mol. The molecule has 0 amide bonds. The molecule has 0 radical (unpaired) electrons. The molecule has 0 aromatic heterocycles. The zero-order valence-electron chi connectivity index (χ0n) is 6.75. The van der Waals surface area contributed by atoms with E-state index in [-0.39, 0.29) is 0 Å². The largest absolute Gasteiger partial charge is 0.469 e. The molecule has 0 heterocycles. The van der Waals surface area contributed by atoms with Gasteiger partial charge in [-0.15, -0.1) is 0 Å². The van der Waals surface area contributed by atoms with Crippen LogP contribution in [-0.4, -0.2) is 39.6 Å². The van der Waals surface area contributed by atoms with Gasteiger partial charge in [0.25, 0.3) is 0 Å². The van der Waals surface area contributed by atoms with Crippen LogP contribution in [0.5, 0.6) is 0 Å². The summed E-state index contributed by atoms with van der Waals surface area (Å²) < 4.78 is 26.4. The van der Waals surface area contributed by atoms with Gasteiger partial charge in [0, 0.05) is 0 Å². The molecule has 0 fully saturated rings. The Kier molecular flexibility index (Phi) is 4.66. The van der Waals surface area contributed by atoms with E-state index in [0.717, 1.165) is 6.92 Å². The highest BCUT2D eigenvalue weighted by atomic mass is 31.2. The predicted octanol–water partition coefficient (Wildman–Crippen LogP) is -0.616. The number of phosphoric ester groups is 1. The summed E-state index contributed by atoms with van der Waals surface area (Å²) in [4.78, 5) is 26.6. The SMILES string of the molecule is CC(=O)[C@@H](F)[C@H](O)COP(=O)(O)O. The molecule has 0 aromatic carbocycles. The normalized spacial score (nSPS) is 16.7. The minimum Gasteiger partial charge on any atom is -0.387 e. The Hall–Kier alpha value is -0.330. The van der Waals surface area contributed by atoms with Crippen LogP contribution in [0, 0.1) is 0 Å². The molecule has 8 heteroatoms. The number of alkyl halides is 1. The van der Waals surface area contributed by atoms with Gasteiger partial charge in [-0.1, -0.05) is 0 Å². The number of Topliss-reactive ketones (excluding diaryl/α,β-unsaturated/α-hetero) is 1. The van der Waals surface area contributed by atoms with Crippen LogP contribution in [0.4, 0.5) is 4.39 Å². The van der Waals surface area contributed by atoms with Gasteiger partial charge in [0.15, 0.2) is 12.0 Å². The zero-order chi connectivity index (χ0) is 10.6. The maximum absolute atomic E-state index is 12.6. The molecule has 6 nitrogen and oxygen atoms in total. The predicted molar refractivity (Wildman–Crippen MR) is 39.6 cm³/mol. The smallest absolute Gasteiger partial charge is 0.387 e. The van der Waals surface area contributed by atoms with E-state index in [0.29, 0.717) is 0 Å². The second-order valence-corrected chi connectivity index (χ2v) is 3.61. The lowest BCUT2D eigenvalue weighted by molar-refractivity contribution is -0.126. The number of ketones is 1. The number of phosphoric acid groups is 1. The van der Waals surface area contributed by atoms with Gasteiger partial charge < -0.3 is 14.9 Å². The van der Waals surface area contributed by atoms with E-state index in [2.05, 4.69) is 4.52 Å². The first-order valence-electron chi connectivity index (χ1n) is 3.26. The minimum atomic E-state index is -4.73. The van der Waals surface area contributed by atoms with Crippen LogP contribution in [0.2, 0.25) is 0 Å². The van der Waals surface area contributed by atoms with E-state index in [1.165, 1.54) is 0 Å². The van der Waals surface area contributed by atoms with Crippen LogP contribution >= 0.6 is 7.82 Å². The molecule has 0 spiro atoms. The third kappa shape index (κ3) is 5.84. The maximum atomic E-state index is 12.6. The van der Waals surface area contributed by atoms with Gasteiger partial charge in [-0.05, 0) is 6.92 Å². The molecule has 3 N–H and O–H groups in total. The number of aliphatic hydroxyl groups is 1. The molecular weight excluding hydrogens is 206 g/mol. The summed E-state index contributed by atoms with van der Waals surface area (Å²) in [5.74, 6) is -0.929. The van der Waals surface area contributed by atoms with Crippen molar-refractivity contribution in [3.63, 3.8) is 0 Å². The Balaban J connectivity index is 3.95. The first-order chi connectivity index (χ1) is 5.74. The molecular formula is C5H10FO6P. The van der Waals surface area contributed by atoms with Crippen LogP contribution in [-0.2, 0) is 13.9 Å². The van der Waals surface area contributed by atoms with E-state index in [1.54, 1.807) is 0 Å². The van der Waals surface area contributed by atoms with E-state index in [9.17, 15) is 13.8 Å². The molecule has 2 atom stereocenters. The van der Waals surface area contributed by atoms with Gasteiger partial charge in [0.1, 0.15) is 6.10 Å². The van der Waals surface area contributed by atoms with Crippen molar-refractivity contribution in [3.8, 4) is 0 Å². The van der Waals surface area contributed by atoms with Crippen LogP contribution in [0.25, 0.3) is 0 Å². The molecule has 0 aliphatic rings. The number of halogens is 1. The Morgan fingerprint density at radius 2 is 2.08 bits per heavy atom. The highest BCUT2D eigenvalue weighted by Crippen LogP contribution is 2.35. The maximum Gasteiger partial charge on any atom is 0.469 e. The van der Waals surface area contributed by atoms with Crippen molar-refractivity contribution >= 4 is 13.6 Å². The fourth-order valence-corrected chi connectivity index (χ4v) is 0.876. The number of rotatable bonds is 5. The average Bonchev–Trinajstić information content (AvgIpc) is 1.97. The van der Waals surface area contributed by atoms with E-state index in [1.807, 2.05) is 0 Å². The van der Waals surface area contributed by atoms with Crippen LogP contribution in [0.3, 0.4) is 0 Å². The fourth-order valence-electron chi connectivity index (χ4n) is 0.529. The lowest BCUT2D eigenvalue weighted by Gasteiger charge is -2.13. The number of hydrogen-bond donors (Lipinski definition) is 3. The van der Waals surface area contributed by atoms with Crippen molar-refractivity contribution in [3.05, 3.63) is 0 Å². The van der Waals surface area contributed by atoms with Gasteiger partial charge >= 0.3 is 7.82 Å². The van der Waals surface area contributed by atoms with Crippen molar-refractivity contribution in [1.29, 1.82) is 0 Å². The van der Waals surface area contributed by atoms with E-state index < -0.39 is 32.5 Å². The number of hydrogen-bond acceptors (Lipinski definition) is 4. The molecule has 0 aromatic rings. The van der Waals surface area contributed by atoms with Gasteiger partial charge in [0.2, 0.25) is 0 Å². The van der Waals surface area contributed by atoms with Crippen molar-refractivity contribution in [1.82, 2.24) is 0 Å². The summed E-state index contributed by atoms with van der Waals surface area (Å²) in [5.41, 5.74) is 0. The second-order valence-electron chi connectivity index (χ2n) is 2.37. The van der Waals surface area contributed by atoms with E-state index >= 15 is 0 Å².